The van der Waals surface area contributed by atoms with E-state index in [1.165, 1.54) is 11.8 Å². The zero-order chi connectivity index (χ0) is 33.5. The summed E-state index contributed by atoms with van der Waals surface area (Å²) in [7, 11) is 0. The Balaban J connectivity index is 1.78. The van der Waals surface area contributed by atoms with Crippen molar-refractivity contribution in [3.63, 3.8) is 0 Å². The number of Topliss-reactive ketones (excluding diaryl/α,β-unsaturated/α-hetero) is 2. The maximum absolute atomic E-state index is 13.7. The Labute approximate surface area is 274 Å². The molecule has 0 atom stereocenters. The van der Waals surface area contributed by atoms with E-state index in [-0.39, 0.29) is 33.2 Å². The van der Waals surface area contributed by atoms with Crippen molar-refractivity contribution in [3.8, 4) is 0 Å². The third-order valence-electron chi connectivity index (χ3n) is 7.92. The van der Waals surface area contributed by atoms with Crippen LogP contribution in [-0.2, 0) is 9.59 Å². The van der Waals surface area contributed by atoms with Crippen LogP contribution in [0.3, 0.4) is 0 Å². The van der Waals surface area contributed by atoms with Crippen molar-refractivity contribution in [1.29, 1.82) is 0 Å². The normalized spacial score (nSPS) is 18.6. The third-order valence-corrected chi connectivity index (χ3v) is 9.05. The van der Waals surface area contributed by atoms with Gasteiger partial charge in [0.25, 0.3) is 0 Å². The van der Waals surface area contributed by atoms with Gasteiger partial charge in [-0.3, -0.25) is 9.59 Å². The summed E-state index contributed by atoms with van der Waals surface area (Å²) in [6.07, 6.45) is 7.97. The largest absolute Gasteiger partial charge is 0.287 e. The summed E-state index contributed by atoms with van der Waals surface area (Å²) >= 11 is 1.54. The van der Waals surface area contributed by atoms with Crippen LogP contribution in [-0.4, -0.2) is 23.0 Å². The molecule has 0 fully saturated rings. The molecule has 0 saturated carbocycles. The summed E-state index contributed by atoms with van der Waals surface area (Å²) in [5, 5.41) is 0. The lowest BCUT2D eigenvalue weighted by molar-refractivity contribution is -0.111. The maximum atomic E-state index is 13.7. The number of benzene rings is 2. The Bertz CT molecular complexity index is 1590. The number of aliphatic imine (C=N–C) groups is 2. The van der Waals surface area contributed by atoms with Crippen molar-refractivity contribution in [3.05, 3.63) is 95.1 Å². The van der Waals surface area contributed by atoms with Crippen LogP contribution in [0.4, 0.5) is 11.4 Å². The number of nitrogens with zero attached hydrogens (tertiary/aromatic N) is 2. The standard InChI is InChI=1S/C40H48N2O2S/c1-37(2,3)25-21-27(39(7,8)9)35(43)31(23-25)41-29-17-13-15-19-33(29)45-34-20-16-14-18-30(34)42-32-24-26(38(4,5)6)22-28(36(32)44)40(10,11)12/h13-24H,1-12H3. The SMILES string of the molecule is CC(C)(C)C1=CC(=Nc2ccccc2Sc2ccccc2N=C2C=C(C(C)(C)C)C=C(C(C)(C)C)C2=O)C(=O)C(C(C)(C)C)=C1. The lowest BCUT2D eigenvalue weighted by atomic mass is 9.74. The molecular weight excluding hydrogens is 573 g/mol. The fourth-order valence-electron chi connectivity index (χ4n) is 5.02. The molecule has 0 radical (unpaired) electrons. The first-order valence-electron chi connectivity index (χ1n) is 15.7. The molecule has 0 N–H and O–H groups in total. The zero-order valence-electron chi connectivity index (χ0n) is 29.0. The first-order chi connectivity index (χ1) is 20.7. The Morgan fingerprint density at radius 3 is 1.11 bits per heavy atom. The van der Waals surface area contributed by atoms with Crippen LogP contribution in [0.5, 0.6) is 0 Å². The van der Waals surface area contributed by atoms with Gasteiger partial charge in [0.1, 0.15) is 11.4 Å². The highest BCUT2D eigenvalue weighted by molar-refractivity contribution is 7.99. The van der Waals surface area contributed by atoms with E-state index in [9.17, 15) is 9.59 Å². The molecule has 0 spiro atoms. The van der Waals surface area contributed by atoms with Gasteiger partial charge in [0.05, 0.1) is 11.4 Å². The Morgan fingerprint density at radius 2 is 0.800 bits per heavy atom. The van der Waals surface area contributed by atoms with Crippen LogP contribution < -0.4 is 0 Å². The van der Waals surface area contributed by atoms with Gasteiger partial charge in [-0.1, -0.05) is 131 Å². The fourth-order valence-corrected chi connectivity index (χ4v) is 5.99. The Morgan fingerprint density at radius 1 is 0.467 bits per heavy atom. The van der Waals surface area contributed by atoms with E-state index in [2.05, 4.69) is 83.1 Å². The van der Waals surface area contributed by atoms with Gasteiger partial charge in [-0.25, -0.2) is 9.98 Å². The first kappa shape index (κ1) is 34.3. The van der Waals surface area contributed by atoms with Gasteiger partial charge < -0.3 is 0 Å². The molecule has 4 nitrogen and oxygen atoms in total. The van der Waals surface area contributed by atoms with E-state index < -0.39 is 0 Å². The van der Waals surface area contributed by atoms with Crippen molar-refractivity contribution in [2.75, 3.05) is 0 Å². The molecule has 0 bridgehead atoms. The molecule has 2 aliphatic carbocycles. The summed E-state index contributed by atoms with van der Waals surface area (Å²) in [4.78, 5) is 39.2. The molecule has 5 heteroatoms. The number of rotatable bonds is 4. The van der Waals surface area contributed by atoms with Crippen LogP contribution >= 0.6 is 11.8 Å². The van der Waals surface area contributed by atoms with E-state index in [1.54, 1.807) is 0 Å². The molecule has 0 amide bonds. The highest BCUT2D eigenvalue weighted by atomic mass is 32.2. The fraction of sp³-hybridized carbons (Fsp3) is 0.400. The van der Waals surface area contributed by atoms with Gasteiger partial charge >= 0.3 is 0 Å². The minimum absolute atomic E-state index is 0.0398. The van der Waals surface area contributed by atoms with Gasteiger partial charge in [-0.15, -0.1) is 0 Å². The summed E-state index contributed by atoms with van der Waals surface area (Å²) in [5.41, 5.74) is 5.14. The molecule has 2 aromatic rings. The number of para-hydroxylation sites is 2. The van der Waals surface area contributed by atoms with E-state index in [1.807, 2.05) is 72.8 Å². The number of hydrogen-bond acceptors (Lipinski definition) is 5. The summed E-state index contributed by atoms with van der Waals surface area (Å²) in [6.45, 7) is 25.3. The van der Waals surface area contributed by atoms with Gasteiger partial charge in [-0.05, 0) is 69.2 Å². The van der Waals surface area contributed by atoms with E-state index in [0.29, 0.717) is 11.4 Å². The lowest BCUT2D eigenvalue weighted by Crippen LogP contribution is -2.29. The Hall–Kier alpha value is -3.57. The molecule has 0 aliphatic heterocycles. The molecule has 2 aliphatic rings. The van der Waals surface area contributed by atoms with E-state index in [4.69, 9.17) is 9.98 Å². The summed E-state index contributed by atoms with van der Waals surface area (Å²) in [5.74, 6) is -0.0795. The van der Waals surface area contributed by atoms with Crippen LogP contribution in [0, 0.1) is 21.7 Å². The summed E-state index contributed by atoms with van der Waals surface area (Å²) < 4.78 is 0. The van der Waals surface area contributed by atoms with Crippen molar-refractivity contribution >= 4 is 46.1 Å². The smallest absolute Gasteiger partial charge is 0.207 e. The molecule has 236 valence electrons. The second kappa shape index (κ2) is 12.3. The highest BCUT2D eigenvalue weighted by Gasteiger charge is 2.34. The van der Waals surface area contributed by atoms with Gasteiger partial charge in [0.15, 0.2) is 0 Å². The average molecular weight is 621 g/mol. The number of carbonyl (C=O) groups is 2. The van der Waals surface area contributed by atoms with Crippen LogP contribution in [0.25, 0.3) is 0 Å². The number of carbonyl (C=O) groups excluding carboxylic acids is 2. The molecule has 0 aromatic heterocycles. The van der Waals surface area contributed by atoms with Gasteiger partial charge in [0, 0.05) is 20.9 Å². The number of ketones is 2. The van der Waals surface area contributed by atoms with E-state index >= 15 is 0 Å². The van der Waals surface area contributed by atoms with Crippen LogP contribution in [0.2, 0.25) is 0 Å². The molecule has 2 aromatic carbocycles. The molecular formula is C40H48N2O2S. The van der Waals surface area contributed by atoms with Gasteiger partial charge in [-0.2, -0.15) is 0 Å². The quantitative estimate of drug-likeness (QED) is 0.320. The Kier molecular flexibility index (Phi) is 9.39. The zero-order valence-corrected chi connectivity index (χ0v) is 29.9. The molecule has 0 saturated heterocycles. The van der Waals surface area contributed by atoms with Crippen molar-refractivity contribution < 1.29 is 9.59 Å². The second-order valence-electron chi connectivity index (χ2n) is 16.0. The minimum atomic E-state index is -0.311. The lowest BCUT2D eigenvalue weighted by Gasteiger charge is -2.30. The predicted molar refractivity (Wildman–Crippen MR) is 191 cm³/mol. The monoisotopic (exact) mass is 620 g/mol. The third kappa shape index (κ3) is 7.99. The van der Waals surface area contributed by atoms with E-state index in [0.717, 1.165) is 43.5 Å². The predicted octanol–water partition coefficient (Wildman–Crippen LogP) is 11.0. The summed E-state index contributed by atoms with van der Waals surface area (Å²) in [6, 6.07) is 15.8. The molecule has 4 rings (SSSR count). The second-order valence-corrected chi connectivity index (χ2v) is 17.1. The maximum Gasteiger partial charge on any atom is 0.207 e. The van der Waals surface area contributed by atoms with Crippen LogP contribution in [0.15, 0.2) is 115 Å². The first-order valence-corrected chi connectivity index (χ1v) is 16.5. The minimum Gasteiger partial charge on any atom is -0.287 e. The van der Waals surface area contributed by atoms with Crippen molar-refractivity contribution in [2.45, 2.75) is 92.9 Å². The van der Waals surface area contributed by atoms with Gasteiger partial charge in [0.2, 0.25) is 11.6 Å². The van der Waals surface area contributed by atoms with Crippen LogP contribution in [0.1, 0.15) is 83.1 Å². The molecule has 0 heterocycles. The van der Waals surface area contributed by atoms with Crippen molar-refractivity contribution in [2.24, 2.45) is 31.6 Å². The van der Waals surface area contributed by atoms with Crippen molar-refractivity contribution in [1.82, 2.24) is 0 Å². The number of allylic oxidation sites excluding steroid dienone is 8. The highest BCUT2D eigenvalue weighted by Crippen LogP contribution is 2.42. The average Bonchev–Trinajstić information content (AvgIpc) is 2.90. The number of hydrogen-bond donors (Lipinski definition) is 0. The molecule has 0 unspecified atom stereocenters. The topological polar surface area (TPSA) is 58.9 Å². The molecule has 45 heavy (non-hydrogen) atoms.